The van der Waals surface area contributed by atoms with Crippen LogP contribution in [-0.2, 0) is 13.0 Å². The fourth-order valence-corrected chi connectivity index (χ4v) is 9.20. The van der Waals surface area contributed by atoms with Gasteiger partial charge >= 0.3 is 0 Å². The van der Waals surface area contributed by atoms with Gasteiger partial charge in [-0.1, -0.05) is 84.9 Å². The molecule has 35 heavy (non-hydrogen) atoms. The van der Waals surface area contributed by atoms with Crippen molar-refractivity contribution in [3.8, 4) is 0 Å². The fourth-order valence-electron chi connectivity index (χ4n) is 4.86. The van der Waals surface area contributed by atoms with Crippen molar-refractivity contribution in [3.63, 3.8) is 0 Å². The summed E-state index contributed by atoms with van der Waals surface area (Å²) in [5, 5.41) is 4.35. The van der Waals surface area contributed by atoms with Crippen LogP contribution in [0, 0.1) is 0 Å². The summed E-state index contributed by atoms with van der Waals surface area (Å²) in [6, 6.07) is 44.1. The van der Waals surface area contributed by atoms with Crippen LogP contribution < -0.4 is 32.9 Å². The number of halogens is 1. The Morgan fingerprint density at radius 2 is 1.06 bits per heavy atom. The molecule has 0 atom stereocenters. The van der Waals surface area contributed by atoms with Gasteiger partial charge in [-0.15, -0.1) is 0 Å². The molecule has 0 aliphatic carbocycles. The quantitative estimate of drug-likeness (QED) is 0.263. The zero-order chi connectivity index (χ0) is 23.1. The Hall–Kier alpha value is -3.00. The van der Waals surface area contributed by atoms with Gasteiger partial charge in [-0.2, -0.15) is 0 Å². The molecule has 176 valence electrons. The number of imidazole rings is 1. The van der Waals surface area contributed by atoms with Crippen LogP contribution in [0.5, 0.6) is 0 Å². The van der Waals surface area contributed by atoms with Crippen LogP contribution in [0.3, 0.4) is 0 Å². The van der Waals surface area contributed by atoms with Crippen molar-refractivity contribution in [1.29, 1.82) is 0 Å². The Labute approximate surface area is 219 Å². The van der Waals surface area contributed by atoms with Crippen molar-refractivity contribution in [2.24, 2.45) is 0 Å². The molecule has 0 amide bonds. The third-order valence-electron chi connectivity index (χ3n) is 6.51. The summed E-state index contributed by atoms with van der Waals surface area (Å²) in [5.74, 6) is 0. The van der Waals surface area contributed by atoms with Crippen molar-refractivity contribution in [1.82, 2.24) is 9.55 Å². The molecule has 4 aromatic carbocycles. The second-order valence-corrected chi connectivity index (χ2v) is 12.3. The van der Waals surface area contributed by atoms with E-state index in [9.17, 15) is 0 Å². The standard InChI is InChI=1S/C31H30N2P.BrH/c1-5-14-27(15-6-1)25-33-26-32-24-28(33)16-13-23-34(29-17-7-2-8-18-29,30-19-9-3-10-20-30)31-21-11-4-12-22-31;/h1-12,14-15,17-22,24,26H,13,16,23,25H2;1H/q+1;/p-1. The molecule has 0 aliphatic heterocycles. The Bertz CT molecular complexity index is 1190. The smallest absolute Gasteiger partial charge is 0.112 e. The first-order valence-corrected chi connectivity index (χ1v) is 13.9. The molecule has 5 rings (SSSR count). The lowest BCUT2D eigenvalue weighted by atomic mass is 10.2. The van der Waals surface area contributed by atoms with Crippen LogP contribution in [0.1, 0.15) is 17.7 Å². The molecule has 0 spiro atoms. The van der Waals surface area contributed by atoms with E-state index in [-0.39, 0.29) is 17.0 Å². The molecule has 0 bridgehead atoms. The molecular weight excluding hydrogens is 511 g/mol. The van der Waals surface area contributed by atoms with Gasteiger partial charge in [0.25, 0.3) is 0 Å². The summed E-state index contributed by atoms with van der Waals surface area (Å²) in [4.78, 5) is 4.48. The highest BCUT2D eigenvalue weighted by Gasteiger charge is 2.44. The topological polar surface area (TPSA) is 17.8 Å². The molecule has 5 aromatic rings. The van der Waals surface area contributed by atoms with E-state index >= 15 is 0 Å². The van der Waals surface area contributed by atoms with Gasteiger partial charge in [-0.05, 0) is 54.8 Å². The lowest BCUT2D eigenvalue weighted by molar-refractivity contribution is -0.00000670. The van der Waals surface area contributed by atoms with Gasteiger partial charge in [0.1, 0.15) is 23.2 Å². The summed E-state index contributed by atoms with van der Waals surface area (Å²) in [6.45, 7) is 0.868. The highest BCUT2D eigenvalue weighted by atomic mass is 79.9. The second kappa shape index (κ2) is 12.1. The maximum atomic E-state index is 4.48. The molecule has 0 saturated heterocycles. The van der Waals surface area contributed by atoms with Gasteiger partial charge in [0.05, 0.1) is 12.5 Å². The molecule has 2 nitrogen and oxygen atoms in total. The average molecular weight is 541 g/mol. The van der Waals surface area contributed by atoms with Gasteiger partial charge < -0.3 is 21.5 Å². The summed E-state index contributed by atoms with van der Waals surface area (Å²) in [5.41, 5.74) is 2.61. The average Bonchev–Trinajstić information content (AvgIpc) is 3.35. The van der Waals surface area contributed by atoms with Crippen molar-refractivity contribution in [2.45, 2.75) is 19.4 Å². The highest BCUT2D eigenvalue weighted by Crippen LogP contribution is 2.55. The van der Waals surface area contributed by atoms with Gasteiger partial charge in [0, 0.05) is 18.4 Å². The molecule has 0 radical (unpaired) electrons. The first kappa shape index (κ1) is 25.1. The molecular formula is C31H30BrN2P. The van der Waals surface area contributed by atoms with Crippen LogP contribution in [0.25, 0.3) is 0 Å². The van der Waals surface area contributed by atoms with Crippen molar-refractivity contribution in [2.75, 3.05) is 6.16 Å². The number of benzene rings is 4. The summed E-state index contributed by atoms with van der Waals surface area (Å²) in [7, 11) is -1.78. The molecule has 0 unspecified atom stereocenters. The second-order valence-electron chi connectivity index (χ2n) is 8.64. The zero-order valence-corrected chi connectivity index (χ0v) is 22.2. The van der Waals surface area contributed by atoms with Crippen LogP contribution >= 0.6 is 7.26 Å². The lowest BCUT2D eigenvalue weighted by Crippen LogP contribution is -3.00. The fraction of sp³-hybridized carbons (Fsp3) is 0.129. The third-order valence-corrected chi connectivity index (χ3v) is 11.0. The first-order valence-electron chi connectivity index (χ1n) is 11.9. The van der Waals surface area contributed by atoms with E-state index in [0.717, 1.165) is 25.5 Å². The van der Waals surface area contributed by atoms with Gasteiger partial charge in [-0.3, -0.25) is 0 Å². The molecule has 0 N–H and O–H groups in total. The predicted molar refractivity (Wildman–Crippen MR) is 146 cm³/mol. The molecule has 0 aliphatic rings. The monoisotopic (exact) mass is 540 g/mol. The Morgan fingerprint density at radius 1 is 0.600 bits per heavy atom. The van der Waals surface area contributed by atoms with Gasteiger partial charge in [0.2, 0.25) is 0 Å². The Balaban J connectivity index is 0.00000289. The molecule has 1 heterocycles. The van der Waals surface area contributed by atoms with Crippen LogP contribution in [-0.4, -0.2) is 15.7 Å². The summed E-state index contributed by atoms with van der Waals surface area (Å²) >= 11 is 0. The zero-order valence-electron chi connectivity index (χ0n) is 19.7. The number of nitrogens with zero attached hydrogens (tertiary/aromatic N) is 2. The molecule has 1 aromatic heterocycles. The normalized spacial score (nSPS) is 11.1. The van der Waals surface area contributed by atoms with E-state index in [1.807, 2.05) is 12.5 Å². The van der Waals surface area contributed by atoms with Crippen LogP contribution in [0.15, 0.2) is 134 Å². The SMILES string of the molecule is [Br-].c1ccc(Cn2cncc2CCC[P+](c2ccccc2)(c2ccccc2)c2ccccc2)cc1. The lowest BCUT2D eigenvalue weighted by Gasteiger charge is -2.27. The van der Waals surface area contributed by atoms with Crippen LogP contribution in [0.4, 0.5) is 0 Å². The van der Waals surface area contributed by atoms with Gasteiger partial charge in [0.15, 0.2) is 0 Å². The number of rotatable bonds is 9. The van der Waals surface area contributed by atoms with E-state index in [0.29, 0.717) is 0 Å². The molecule has 4 heteroatoms. The largest absolute Gasteiger partial charge is 1.00 e. The minimum absolute atomic E-state index is 0. The first-order chi connectivity index (χ1) is 16.9. The minimum atomic E-state index is -1.78. The number of aryl methyl sites for hydroxylation is 1. The van der Waals surface area contributed by atoms with Crippen molar-refractivity contribution in [3.05, 3.63) is 145 Å². The van der Waals surface area contributed by atoms with E-state index in [2.05, 4.69) is 131 Å². The van der Waals surface area contributed by atoms with Crippen molar-refractivity contribution < 1.29 is 17.0 Å². The molecule has 0 fully saturated rings. The number of hydrogen-bond acceptors (Lipinski definition) is 1. The van der Waals surface area contributed by atoms with E-state index in [1.165, 1.54) is 27.2 Å². The van der Waals surface area contributed by atoms with E-state index in [4.69, 9.17) is 0 Å². The van der Waals surface area contributed by atoms with E-state index in [1.54, 1.807) is 0 Å². The van der Waals surface area contributed by atoms with Gasteiger partial charge in [-0.25, -0.2) is 4.98 Å². The number of aromatic nitrogens is 2. The summed E-state index contributed by atoms with van der Waals surface area (Å²) < 4.78 is 2.29. The molecule has 0 saturated carbocycles. The predicted octanol–water partition coefficient (Wildman–Crippen LogP) is 2.86. The Morgan fingerprint density at radius 3 is 1.54 bits per heavy atom. The highest BCUT2D eigenvalue weighted by molar-refractivity contribution is 7.95. The number of hydrogen-bond donors (Lipinski definition) is 0. The van der Waals surface area contributed by atoms with Crippen LogP contribution in [0.2, 0.25) is 0 Å². The Kier molecular flexibility index (Phi) is 8.69. The van der Waals surface area contributed by atoms with E-state index < -0.39 is 7.26 Å². The summed E-state index contributed by atoms with van der Waals surface area (Å²) in [6.07, 6.45) is 7.25. The minimum Gasteiger partial charge on any atom is -1.00 e. The maximum absolute atomic E-state index is 4.48. The third kappa shape index (κ3) is 5.64. The van der Waals surface area contributed by atoms with Crippen molar-refractivity contribution >= 4 is 23.2 Å². The maximum Gasteiger partial charge on any atom is 0.112 e.